The monoisotopic (exact) mass is 448 g/mol. The number of thiazole rings is 1. The molecule has 9 heteroatoms. The molecule has 0 amide bonds. The molecule has 2 atom stereocenters. The Morgan fingerprint density at radius 1 is 1.33 bits per heavy atom. The van der Waals surface area contributed by atoms with Crippen LogP contribution in [0.1, 0.15) is 42.5 Å². The Morgan fingerprint density at radius 2 is 2.13 bits per heavy atom. The van der Waals surface area contributed by atoms with E-state index in [-0.39, 0.29) is 22.8 Å². The fourth-order valence-corrected chi connectivity index (χ4v) is 5.21. The third kappa shape index (κ3) is 4.31. The summed E-state index contributed by atoms with van der Waals surface area (Å²) in [5, 5.41) is 12.3. The molecule has 0 saturated carbocycles. The zero-order chi connectivity index (χ0) is 21.1. The molecule has 3 heterocycles. The highest BCUT2D eigenvalue weighted by Gasteiger charge is 2.47. The van der Waals surface area contributed by atoms with E-state index in [1.54, 1.807) is 6.20 Å². The molecule has 160 valence electrons. The molecule has 1 aromatic heterocycles. The molecule has 0 aliphatic carbocycles. The Kier molecular flexibility index (Phi) is 6.55. The standard InChI is InChI=1S/C21H25ClN4O3S/c1-2-3-11-29-18-12-17(15-7-5-4-6-8-15)19(26(27)28)20-24(9-10-25(18)20)14-16-13-23-21(22)30-16/h4-8,13,17-18H,2-3,9-12,14H2,1H3. The lowest BCUT2D eigenvalue weighted by atomic mass is 9.88. The van der Waals surface area contributed by atoms with Crippen LogP contribution in [0.4, 0.5) is 0 Å². The van der Waals surface area contributed by atoms with Gasteiger partial charge in [0.05, 0.1) is 17.4 Å². The third-order valence-corrected chi connectivity index (χ3v) is 6.70. The van der Waals surface area contributed by atoms with E-state index in [2.05, 4.69) is 21.7 Å². The first-order chi connectivity index (χ1) is 14.6. The number of ether oxygens (including phenoxy) is 1. The lowest BCUT2D eigenvalue weighted by molar-refractivity contribution is -0.436. The van der Waals surface area contributed by atoms with Gasteiger partial charge in [-0.05, 0) is 12.0 Å². The molecular formula is C21H25ClN4O3S. The van der Waals surface area contributed by atoms with Gasteiger partial charge in [0.15, 0.2) is 10.3 Å². The van der Waals surface area contributed by atoms with Crippen molar-refractivity contribution in [1.29, 1.82) is 0 Å². The van der Waals surface area contributed by atoms with Crippen molar-refractivity contribution in [2.75, 3.05) is 19.7 Å². The second kappa shape index (κ2) is 9.32. The average Bonchev–Trinajstić information content (AvgIpc) is 3.35. The predicted octanol–water partition coefficient (Wildman–Crippen LogP) is 4.69. The number of fused-ring (bicyclic) bond motifs is 1. The van der Waals surface area contributed by atoms with Crippen LogP contribution in [0.2, 0.25) is 4.47 Å². The quantitative estimate of drug-likeness (QED) is 0.331. The summed E-state index contributed by atoms with van der Waals surface area (Å²) < 4.78 is 6.71. The topological polar surface area (TPSA) is 71.7 Å². The van der Waals surface area contributed by atoms with Crippen molar-refractivity contribution in [2.45, 2.75) is 44.9 Å². The van der Waals surface area contributed by atoms with Crippen LogP contribution in [0.5, 0.6) is 0 Å². The van der Waals surface area contributed by atoms with Crippen LogP contribution in [-0.4, -0.2) is 45.6 Å². The van der Waals surface area contributed by atoms with Gasteiger partial charge in [-0.3, -0.25) is 10.1 Å². The highest BCUT2D eigenvalue weighted by molar-refractivity contribution is 7.15. The molecular weight excluding hydrogens is 424 g/mol. The minimum atomic E-state index is -0.315. The number of nitro groups is 1. The molecule has 0 spiro atoms. The van der Waals surface area contributed by atoms with E-state index in [0.717, 1.165) is 23.3 Å². The fraction of sp³-hybridized carbons (Fsp3) is 0.476. The predicted molar refractivity (Wildman–Crippen MR) is 117 cm³/mol. The van der Waals surface area contributed by atoms with E-state index >= 15 is 0 Å². The maximum absolute atomic E-state index is 12.3. The first-order valence-electron chi connectivity index (χ1n) is 10.3. The van der Waals surface area contributed by atoms with E-state index < -0.39 is 0 Å². The molecule has 30 heavy (non-hydrogen) atoms. The lowest BCUT2D eigenvalue weighted by Gasteiger charge is -2.38. The number of aromatic nitrogens is 1. The summed E-state index contributed by atoms with van der Waals surface area (Å²) in [6.45, 7) is 4.75. The van der Waals surface area contributed by atoms with Crippen LogP contribution >= 0.6 is 22.9 Å². The first kappa shape index (κ1) is 21.1. The zero-order valence-electron chi connectivity index (χ0n) is 16.9. The SMILES string of the molecule is CCCCOC1CC(c2ccccc2)C([N+](=O)[O-])=C2N(Cc3cnc(Cl)s3)CCN21. The first-order valence-corrected chi connectivity index (χ1v) is 11.4. The summed E-state index contributed by atoms with van der Waals surface area (Å²) >= 11 is 7.41. The number of rotatable bonds is 8. The Hall–Kier alpha value is -2.16. The van der Waals surface area contributed by atoms with Crippen LogP contribution in [0.15, 0.2) is 48.0 Å². The van der Waals surface area contributed by atoms with E-state index in [9.17, 15) is 10.1 Å². The summed E-state index contributed by atoms with van der Waals surface area (Å²) in [6.07, 6.45) is 4.18. The van der Waals surface area contributed by atoms with Crippen molar-refractivity contribution in [1.82, 2.24) is 14.8 Å². The van der Waals surface area contributed by atoms with Crippen LogP contribution in [0, 0.1) is 10.1 Å². The molecule has 4 rings (SSSR count). The van der Waals surface area contributed by atoms with Gasteiger partial charge >= 0.3 is 0 Å². The molecule has 1 fully saturated rings. The van der Waals surface area contributed by atoms with Crippen molar-refractivity contribution >= 4 is 22.9 Å². The van der Waals surface area contributed by atoms with Gasteiger partial charge in [0.2, 0.25) is 0 Å². The Labute approximate surface area is 185 Å². The summed E-state index contributed by atoms with van der Waals surface area (Å²) in [5.41, 5.74) is 1.21. The summed E-state index contributed by atoms with van der Waals surface area (Å²) in [6, 6.07) is 9.74. The molecule has 0 N–H and O–H groups in total. The highest BCUT2D eigenvalue weighted by Crippen LogP contribution is 2.43. The molecule has 0 radical (unpaired) electrons. The van der Waals surface area contributed by atoms with Gasteiger partial charge in [-0.15, -0.1) is 11.3 Å². The number of hydrogen-bond donors (Lipinski definition) is 0. The molecule has 1 saturated heterocycles. The van der Waals surface area contributed by atoms with Crippen molar-refractivity contribution in [3.8, 4) is 0 Å². The van der Waals surface area contributed by atoms with Crippen LogP contribution in [-0.2, 0) is 11.3 Å². The Bertz CT molecular complexity index is 920. The summed E-state index contributed by atoms with van der Waals surface area (Å²) in [7, 11) is 0. The number of halogens is 1. The van der Waals surface area contributed by atoms with Crippen molar-refractivity contribution in [3.63, 3.8) is 0 Å². The Morgan fingerprint density at radius 3 is 2.80 bits per heavy atom. The molecule has 7 nitrogen and oxygen atoms in total. The minimum Gasteiger partial charge on any atom is -0.358 e. The van der Waals surface area contributed by atoms with E-state index in [4.69, 9.17) is 16.3 Å². The number of benzene rings is 1. The van der Waals surface area contributed by atoms with E-state index in [1.165, 1.54) is 11.3 Å². The highest BCUT2D eigenvalue weighted by atomic mass is 35.5. The van der Waals surface area contributed by atoms with Crippen LogP contribution < -0.4 is 0 Å². The summed E-state index contributed by atoms with van der Waals surface area (Å²) in [4.78, 5) is 21.3. The average molecular weight is 449 g/mol. The number of allylic oxidation sites excluding steroid dienone is 1. The van der Waals surface area contributed by atoms with Gasteiger partial charge in [-0.2, -0.15) is 0 Å². The van der Waals surface area contributed by atoms with Gasteiger partial charge in [0.25, 0.3) is 5.70 Å². The van der Waals surface area contributed by atoms with E-state index in [0.29, 0.717) is 42.9 Å². The van der Waals surface area contributed by atoms with Gasteiger partial charge in [0, 0.05) is 37.2 Å². The smallest absolute Gasteiger partial charge is 0.293 e. The van der Waals surface area contributed by atoms with Crippen LogP contribution in [0.3, 0.4) is 0 Å². The third-order valence-electron chi connectivity index (χ3n) is 5.61. The molecule has 2 aliphatic rings. The molecule has 2 aliphatic heterocycles. The normalized spacial score (nSPS) is 21.3. The molecule has 1 aromatic carbocycles. The number of hydrogen-bond acceptors (Lipinski definition) is 7. The lowest BCUT2D eigenvalue weighted by Crippen LogP contribution is -2.43. The zero-order valence-corrected chi connectivity index (χ0v) is 18.4. The van der Waals surface area contributed by atoms with Crippen molar-refractivity contribution in [2.24, 2.45) is 0 Å². The Balaban J connectivity index is 1.72. The van der Waals surface area contributed by atoms with Gasteiger partial charge in [-0.1, -0.05) is 55.3 Å². The molecule has 2 aromatic rings. The largest absolute Gasteiger partial charge is 0.358 e. The van der Waals surface area contributed by atoms with Crippen molar-refractivity contribution < 1.29 is 9.66 Å². The van der Waals surface area contributed by atoms with Crippen LogP contribution in [0.25, 0.3) is 0 Å². The molecule has 2 unspecified atom stereocenters. The second-order valence-corrected chi connectivity index (χ2v) is 9.24. The molecule has 0 bridgehead atoms. The second-order valence-electron chi connectivity index (χ2n) is 7.54. The van der Waals surface area contributed by atoms with Gasteiger partial charge in [0.1, 0.15) is 6.23 Å². The maximum atomic E-state index is 12.3. The number of nitrogens with zero attached hydrogens (tertiary/aromatic N) is 4. The van der Waals surface area contributed by atoms with Gasteiger partial charge < -0.3 is 14.5 Å². The minimum absolute atomic E-state index is 0.171. The summed E-state index contributed by atoms with van der Waals surface area (Å²) in [5.74, 6) is 0.357. The fourth-order valence-electron chi connectivity index (χ4n) is 4.22. The van der Waals surface area contributed by atoms with Crippen molar-refractivity contribution in [3.05, 3.63) is 73.1 Å². The van der Waals surface area contributed by atoms with E-state index in [1.807, 2.05) is 30.3 Å². The maximum Gasteiger partial charge on any atom is 0.293 e. The van der Waals surface area contributed by atoms with Gasteiger partial charge in [-0.25, -0.2) is 4.98 Å². The number of unbranched alkanes of at least 4 members (excludes halogenated alkanes) is 1.